The van der Waals surface area contributed by atoms with Crippen molar-refractivity contribution in [2.45, 2.75) is 78.5 Å². The van der Waals surface area contributed by atoms with Gasteiger partial charge in [0, 0.05) is 5.56 Å². The molecule has 0 aliphatic heterocycles. The van der Waals surface area contributed by atoms with Crippen LogP contribution >= 0.6 is 0 Å². The third-order valence-corrected chi connectivity index (χ3v) is 7.48. The van der Waals surface area contributed by atoms with Crippen molar-refractivity contribution in [1.29, 1.82) is 0 Å². The molecular formula is C34H37NO5. The van der Waals surface area contributed by atoms with Gasteiger partial charge in [0.15, 0.2) is 0 Å². The molecule has 0 bridgehead atoms. The highest BCUT2D eigenvalue weighted by Crippen LogP contribution is 2.28. The highest BCUT2D eigenvalue weighted by molar-refractivity contribution is 5.92. The van der Waals surface area contributed by atoms with Crippen LogP contribution < -0.4 is 0 Å². The molecular weight excluding hydrogens is 502 g/mol. The standard InChI is InChI=1S/C34H37NO5/c1-23-15-17-27(18-16-23)33-35-31(25(3)40-33)22-38-30-14-8-13-29(19-30)37-21-28-12-7-9-24(2)32(28)34(36)39-20-26-10-5-4-6-11-26/h4-7,9-12,15-18,29-30H,8,13-14,19-22H2,1-3H3/t29-,30+/m1/s1. The molecule has 1 aliphatic carbocycles. The van der Waals surface area contributed by atoms with E-state index < -0.39 is 0 Å². The van der Waals surface area contributed by atoms with E-state index in [4.69, 9.17) is 23.6 Å². The quantitative estimate of drug-likeness (QED) is 0.193. The number of carbonyl (C=O) groups is 1. The second-order valence-corrected chi connectivity index (χ2v) is 10.6. The number of aromatic nitrogens is 1. The maximum atomic E-state index is 13.0. The van der Waals surface area contributed by atoms with Crippen molar-refractivity contribution in [2.75, 3.05) is 0 Å². The van der Waals surface area contributed by atoms with E-state index in [0.29, 0.717) is 24.7 Å². The molecule has 1 aromatic heterocycles. The van der Waals surface area contributed by atoms with Crippen LogP contribution in [0.25, 0.3) is 11.5 Å². The number of hydrogen-bond donors (Lipinski definition) is 0. The number of esters is 1. The number of carbonyl (C=O) groups excluding carboxylic acids is 1. The molecule has 6 nitrogen and oxygen atoms in total. The molecule has 1 fully saturated rings. The first-order valence-electron chi connectivity index (χ1n) is 14.0. The second-order valence-electron chi connectivity index (χ2n) is 10.6. The van der Waals surface area contributed by atoms with Crippen LogP contribution in [0.5, 0.6) is 0 Å². The fraction of sp³-hybridized carbons (Fsp3) is 0.353. The van der Waals surface area contributed by atoms with E-state index in [0.717, 1.165) is 59.4 Å². The fourth-order valence-corrected chi connectivity index (χ4v) is 5.13. The van der Waals surface area contributed by atoms with Crippen LogP contribution in [0.1, 0.15) is 69.7 Å². The predicted octanol–water partition coefficient (Wildman–Crippen LogP) is 7.67. The van der Waals surface area contributed by atoms with E-state index in [2.05, 4.69) is 19.1 Å². The van der Waals surface area contributed by atoms with Gasteiger partial charge in [-0.1, -0.05) is 66.2 Å². The largest absolute Gasteiger partial charge is 0.457 e. The van der Waals surface area contributed by atoms with Gasteiger partial charge in [-0.05, 0) is 75.3 Å². The number of nitrogens with zero attached hydrogens (tertiary/aromatic N) is 1. The normalized spacial score (nSPS) is 17.1. The summed E-state index contributed by atoms with van der Waals surface area (Å²) >= 11 is 0. The van der Waals surface area contributed by atoms with Crippen molar-refractivity contribution in [1.82, 2.24) is 4.98 Å². The first-order chi connectivity index (χ1) is 19.5. The van der Waals surface area contributed by atoms with Crippen molar-refractivity contribution in [3.63, 3.8) is 0 Å². The summed E-state index contributed by atoms with van der Waals surface area (Å²) in [6.45, 7) is 6.94. The molecule has 0 spiro atoms. The Hall–Kier alpha value is -3.74. The maximum Gasteiger partial charge on any atom is 0.339 e. The number of aryl methyl sites for hydroxylation is 3. The topological polar surface area (TPSA) is 70.8 Å². The molecule has 208 valence electrons. The zero-order valence-corrected chi connectivity index (χ0v) is 23.5. The van der Waals surface area contributed by atoms with Crippen LogP contribution in [0.3, 0.4) is 0 Å². The Balaban J connectivity index is 1.15. The van der Waals surface area contributed by atoms with Crippen molar-refractivity contribution in [2.24, 2.45) is 0 Å². The minimum Gasteiger partial charge on any atom is -0.457 e. The maximum absolute atomic E-state index is 13.0. The summed E-state index contributed by atoms with van der Waals surface area (Å²) in [7, 11) is 0. The molecule has 0 amide bonds. The minimum absolute atomic E-state index is 0.0639. The van der Waals surface area contributed by atoms with Gasteiger partial charge in [-0.3, -0.25) is 0 Å². The Bertz CT molecular complexity index is 1410. The lowest BCUT2D eigenvalue weighted by Gasteiger charge is -2.29. The third-order valence-electron chi connectivity index (χ3n) is 7.48. The summed E-state index contributed by atoms with van der Waals surface area (Å²) in [5, 5.41) is 0. The summed E-state index contributed by atoms with van der Waals surface area (Å²) in [4.78, 5) is 17.7. The molecule has 5 rings (SSSR count). The molecule has 1 heterocycles. The molecule has 0 saturated heterocycles. The van der Waals surface area contributed by atoms with Crippen LogP contribution in [0.4, 0.5) is 0 Å². The SMILES string of the molecule is Cc1ccc(-c2nc(CO[C@H]3CCC[C@@H](OCc4cccc(C)c4C(=O)OCc4ccccc4)C3)c(C)o2)cc1. The molecule has 40 heavy (non-hydrogen) atoms. The van der Waals surface area contributed by atoms with E-state index in [-0.39, 0.29) is 24.8 Å². The average Bonchev–Trinajstić information content (AvgIpc) is 3.35. The summed E-state index contributed by atoms with van der Waals surface area (Å²) in [6, 6.07) is 23.7. The minimum atomic E-state index is -0.321. The molecule has 4 aromatic rings. The molecule has 0 unspecified atom stereocenters. The lowest BCUT2D eigenvalue weighted by molar-refractivity contribution is -0.0564. The van der Waals surface area contributed by atoms with Crippen LogP contribution in [0.15, 0.2) is 77.2 Å². The Morgan fingerprint density at radius 1 is 0.850 bits per heavy atom. The number of oxazole rings is 1. The molecule has 3 aromatic carbocycles. The second kappa shape index (κ2) is 13.1. The fourth-order valence-electron chi connectivity index (χ4n) is 5.13. The Morgan fingerprint density at radius 2 is 1.57 bits per heavy atom. The Morgan fingerprint density at radius 3 is 2.33 bits per heavy atom. The number of hydrogen-bond acceptors (Lipinski definition) is 6. The number of ether oxygens (including phenoxy) is 3. The molecule has 0 radical (unpaired) electrons. The van der Waals surface area contributed by atoms with Gasteiger partial charge >= 0.3 is 5.97 Å². The summed E-state index contributed by atoms with van der Waals surface area (Å²) < 4.78 is 24.2. The van der Waals surface area contributed by atoms with Crippen LogP contribution in [-0.2, 0) is 34.0 Å². The highest BCUT2D eigenvalue weighted by atomic mass is 16.5. The lowest BCUT2D eigenvalue weighted by atomic mass is 9.94. The van der Waals surface area contributed by atoms with Gasteiger partial charge < -0.3 is 18.6 Å². The molecule has 1 aliphatic rings. The summed E-state index contributed by atoms with van der Waals surface area (Å²) in [6.07, 6.45) is 3.95. The first kappa shape index (κ1) is 27.8. The Labute approximate surface area is 236 Å². The van der Waals surface area contributed by atoms with Crippen LogP contribution in [0.2, 0.25) is 0 Å². The van der Waals surface area contributed by atoms with E-state index in [1.165, 1.54) is 5.56 Å². The summed E-state index contributed by atoms with van der Waals surface area (Å²) in [5.74, 6) is 1.08. The summed E-state index contributed by atoms with van der Waals surface area (Å²) in [5.41, 5.74) is 6.28. The van der Waals surface area contributed by atoms with Gasteiger partial charge in [-0.25, -0.2) is 9.78 Å². The predicted molar refractivity (Wildman–Crippen MR) is 154 cm³/mol. The van der Waals surface area contributed by atoms with Gasteiger partial charge in [0.1, 0.15) is 18.1 Å². The lowest BCUT2D eigenvalue weighted by Crippen LogP contribution is -2.28. The molecule has 2 atom stereocenters. The average molecular weight is 540 g/mol. The zero-order valence-electron chi connectivity index (χ0n) is 23.5. The molecule has 0 N–H and O–H groups in total. The molecule has 6 heteroatoms. The first-order valence-corrected chi connectivity index (χ1v) is 14.0. The van der Waals surface area contributed by atoms with Gasteiger partial charge in [-0.2, -0.15) is 0 Å². The third kappa shape index (κ3) is 7.06. The van der Waals surface area contributed by atoms with Gasteiger partial charge in [0.2, 0.25) is 5.89 Å². The Kier molecular flexibility index (Phi) is 9.09. The van der Waals surface area contributed by atoms with Crippen molar-refractivity contribution in [3.8, 4) is 11.5 Å². The van der Waals surface area contributed by atoms with E-state index >= 15 is 0 Å². The number of rotatable bonds is 10. The number of benzene rings is 3. The van der Waals surface area contributed by atoms with Crippen LogP contribution in [-0.4, -0.2) is 23.2 Å². The van der Waals surface area contributed by atoms with Gasteiger partial charge in [0.25, 0.3) is 0 Å². The van der Waals surface area contributed by atoms with Crippen molar-refractivity contribution >= 4 is 5.97 Å². The van der Waals surface area contributed by atoms with Gasteiger partial charge in [0.05, 0.1) is 31.0 Å². The van der Waals surface area contributed by atoms with Crippen molar-refractivity contribution < 1.29 is 23.4 Å². The van der Waals surface area contributed by atoms with Crippen molar-refractivity contribution in [3.05, 3.63) is 112 Å². The highest BCUT2D eigenvalue weighted by Gasteiger charge is 2.25. The molecule has 1 saturated carbocycles. The van der Waals surface area contributed by atoms with Crippen LogP contribution in [0, 0.1) is 20.8 Å². The van der Waals surface area contributed by atoms with E-state index in [9.17, 15) is 4.79 Å². The van der Waals surface area contributed by atoms with E-state index in [1.807, 2.05) is 74.5 Å². The smallest absolute Gasteiger partial charge is 0.339 e. The monoisotopic (exact) mass is 539 g/mol. The van der Waals surface area contributed by atoms with Gasteiger partial charge in [-0.15, -0.1) is 0 Å². The zero-order chi connectivity index (χ0) is 27.9. The van der Waals surface area contributed by atoms with E-state index in [1.54, 1.807) is 0 Å².